The molecule has 2 heterocycles. The lowest BCUT2D eigenvalue weighted by atomic mass is 9.99. The third-order valence-electron chi connectivity index (χ3n) is 6.65. The first-order valence-electron chi connectivity index (χ1n) is 11.2. The molecule has 5 heteroatoms. The summed E-state index contributed by atoms with van der Waals surface area (Å²) >= 11 is 1.50. The van der Waals surface area contributed by atoms with E-state index in [1.54, 1.807) is 6.08 Å². The molecule has 0 atom stereocenters. The van der Waals surface area contributed by atoms with Crippen molar-refractivity contribution >= 4 is 50.1 Å². The van der Waals surface area contributed by atoms with Crippen molar-refractivity contribution in [2.24, 2.45) is 7.05 Å². The smallest absolute Gasteiger partial charge is 0.197 e. The normalized spacial score (nSPS) is 13.4. The molecule has 0 unspecified atom stereocenters. The van der Waals surface area contributed by atoms with E-state index in [0.29, 0.717) is 11.1 Å². The van der Waals surface area contributed by atoms with Crippen LogP contribution in [0.4, 0.5) is 0 Å². The Hall–Kier alpha value is -3.83. The predicted octanol–water partition coefficient (Wildman–Crippen LogP) is 6.84. The molecule has 1 aliphatic carbocycles. The van der Waals surface area contributed by atoms with E-state index in [9.17, 15) is 9.59 Å². The van der Waals surface area contributed by atoms with Crippen LogP contribution in [-0.4, -0.2) is 21.1 Å². The molecule has 34 heavy (non-hydrogen) atoms. The van der Waals surface area contributed by atoms with Crippen LogP contribution >= 0.6 is 11.3 Å². The van der Waals surface area contributed by atoms with Gasteiger partial charge in [-0.25, -0.2) is 4.98 Å². The van der Waals surface area contributed by atoms with Crippen LogP contribution in [0.3, 0.4) is 0 Å². The summed E-state index contributed by atoms with van der Waals surface area (Å²) in [6.07, 6.45) is 1.73. The number of carbonyl (C=O) groups is 2. The van der Waals surface area contributed by atoms with Crippen molar-refractivity contribution in [1.29, 1.82) is 0 Å². The molecular formula is C29H22N2O2S. The number of rotatable bonds is 2. The second-order valence-electron chi connectivity index (χ2n) is 9.07. The van der Waals surface area contributed by atoms with Gasteiger partial charge in [-0.2, -0.15) is 0 Å². The van der Waals surface area contributed by atoms with E-state index in [2.05, 4.69) is 37.5 Å². The van der Waals surface area contributed by atoms with Gasteiger partial charge in [0, 0.05) is 28.6 Å². The van der Waals surface area contributed by atoms with E-state index in [-0.39, 0.29) is 17.1 Å². The van der Waals surface area contributed by atoms with Crippen molar-refractivity contribution < 1.29 is 9.59 Å². The van der Waals surface area contributed by atoms with Gasteiger partial charge >= 0.3 is 0 Å². The van der Waals surface area contributed by atoms with Gasteiger partial charge in [0.05, 0.1) is 11.1 Å². The lowest BCUT2D eigenvalue weighted by Gasteiger charge is -2.11. The minimum atomic E-state index is -0.206. The van der Waals surface area contributed by atoms with Crippen molar-refractivity contribution in [2.45, 2.75) is 20.8 Å². The number of allylic oxidation sites excluding steroid dienone is 1. The Balaban J connectivity index is 1.42. The number of benzene rings is 3. The molecule has 0 aliphatic heterocycles. The third-order valence-corrected chi connectivity index (χ3v) is 7.62. The third kappa shape index (κ3) is 3.01. The fourth-order valence-corrected chi connectivity index (χ4v) is 6.11. The molecule has 5 aromatic rings. The molecule has 1 aliphatic rings. The zero-order chi connectivity index (χ0) is 23.7. The first kappa shape index (κ1) is 20.8. The number of carbonyl (C=O) groups excluding carboxylic acids is 2. The molecule has 0 saturated carbocycles. The van der Waals surface area contributed by atoms with Crippen molar-refractivity contribution in [1.82, 2.24) is 9.55 Å². The highest BCUT2D eigenvalue weighted by molar-refractivity contribution is 7.19. The molecule has 0 fully saturated rings. The SMILES string of the molecule is Cc1cc(C)c(-c2nc3sc(C=C4C(=O)c5cc6ccccc6cc5C4=O)cc3n2C)c(C)c1. The second kappa shape index (κ2) is 7.34. The maximum absolute atomic E-state index is 13.1. The highest BCUT2D eigenvalue weighted by Crippen LogP contribution is 2.36. The number of fused-ring (bicyclic) bond motifs is 3. The summed E-state index contributed by atoms with van der Waals surface area (Å²) in [4.78, 5) is 32.9. The molecule has 0 bridgehead atoms. The van der Waals surface area contributed by atoms with Crippen molar-refractivity contribution in [3.63, 3.8) is 0 Å². The van der Waals surface area contributed by atoms with E-state index < -0.39 is 0 Å². The lowest BCUT2D eigenvalue weighted by Crippen LogP contribution is -2.00. The van der Waals surface area contributed by atoms with Crippen molar-refractivity contribution in [3.8, 4) is 11.4 Å². The molecule has 4 nitrogen and oxygen atoms in total. The van der Waals surface area contributed by atoms with Gasteiger partial charge in [-0.15, -0.1) is 11.3 Å². The largest absolute Gasteiger partial charge is 0.326 e. The molecule has 3 aromatic carbocycles. The lowest BCUT2D eigenvalue weighted by molar-refractivity contribution is 0.0990. The highest BCUT2D eigenvalue weighted by atomic mass is 32.1. The van der Waals surface area contributed by atoms with Gasteiger partial charge in [-0.1, -0.05) is 42.0 Å². The first-order valence-corrected chi connectivity index (χ1v) is 12.0. The number of nitrogens with zero attached hydrogens (tertiary/aromatic N) is 2. The van der Waals surface area contributed by atoms with Crippen LogP contribution in [0.1, 0.15) is 42.3 Å². The average molecular weight is 463 g/mol. The average Bonchev–Trinajstić information content (AvgIpc) is 3.40. The molecule has 0 N–H and O–H groups in total. The van der Waals surface area contributed by atoms with Crippen molar-refractivity contribution in [3.05, 3.63) is 92.9 Å². The summed E-state index contributed by atoms with van der Waals surface area (Å²) < 4.78 is 2.10. The monoisotopic (exact) mass is 462 g/mol. The number of hydrogen-bond acceptors (Lipinski definition) is 4. The van der Waals surface area contributed by atoms with Gasteiger partial charge < -0.3 is 4.57 Å². The Morgan fingerprint density at radius 1 is 0.853 bits per heavy atom. The van der Waals surface area contributed by atoms with Gasteiger partial charge in [-0.3, -0.25) is 9.59 Å². The van der Waals surface area contributed by atoms with Gasteiger partial charge in [0.1, 0.15) is 10.7 Å². The van der Waals surface area contributed by atoms with E-state index in [0.717, 1.165) is 37.4 Å². The van der Waals surface area contributed by atoms with E-state index in [4.69, 9.17) is 4.98 Å². The summed E-state index contributed by atoms with van der Waals surface area (Å²) in [5.74, 6) is 0.521. The summed E-state index contributed by atoms with van der Waals surface area (Å²) in [6, 6.07) is 17.8. The van der Waals surface area contributed by atoms with Crippen LogP contribution in [-0.2, 0) is 7.05 Å². The van der Waals surface area contributed by atoms with Gasteiger partial charge in [0.25, 0.3) is 0 Å². The van der Waals surface area contributed by atoms with Crippen LogP contribution < -0.4 is 0 Å². The Bertz CT molecular complexity index is 1650. The molecule has 0 spiro atoms. The number of imidazole rings is 1. The Kier molecular flexibility index (Phi) is 4.48. The zero-order valence-electron chi connectivity index (χ0n) is 19.4. The molecule has 0 amide bonds. The topological polar surface area (TPSA) is 52.0 Å². The number of aryl methyl sites for hydroxylation is 4. The Morgan fingerprint density at radius 3 is 2.00 bits per heavy atom. The first-order chi connectivity index (χ1) is 16.3. The van der Waals surface area contributed by atoms with Crippen LogP contribution in [0.15, 0.2) is 60.2 Å². The van der Waals surface area contributed by atoms with E-state index >= 15 is 0 Å². The number of ketones is 2. The van der Waals surface area contributed by atoms with Crippen molar-refractivity contribution in [2.75, 3.05) is 0 Å². The summed E-state index contributed by atoms with van der Waals surface area (Å²) in [7, 11) is 2.01. The number of hydrogen-bond donors (Lipinski definition) is 0. The Labute approximate surface area is 201 Å². The standard InChI is InChI=1S/C29H22N2O2S/c1-15-9-16(2)25(17(3)10-15)28-30-29-24(31(28)4)14-20(34-29)13-23-26(32)21-11-18-7-5-6-8-19(18)12-22(21)27(23)33/h5-14H,1-4H3. The molecular weight excluding hydrogens is 440 g/mol. The van der Waals surface area contributed by atoms with E-state index in [1.165, 1.54) is 28.0 Å². The molecule has 0 saturated heterocycles. The molecule has 0 radical (unpaired) electrons. The highest BCUT2D eigenvalue weighted by Gasteiger charge is 2.33. The summed E-state index contributed by atoms with van der Waals surface area (Å²) in [6.45, 7) is 6.34. The maximum Gasteiger partial charge on any atom is 0.197 e. The predicted molar refractivity (Wildman–Crippen MR) is 139 cm³/mol. The molecule has 166 valence electrons. The van der Waals surface area contributed by atoms with Gasteiger partial charge in [0.2, 0.25) is 0 Å². The van der Waals surface area contributed by atoms with Crippen LogP contribution in [0.25, 0.3) is 38.6 Å². The van der Waals surface area contributed by atoms with E-state index in [1.807, 2.05) is 49.5 Å². The van der Waals surface area contributed by atoms with Crippen LogP contribution in [0.5, 0.6) is 0 Å². The Morgan fingerprint density at radius 2 is 1.44 bits per heavy atom. The van der Waals surface area contributed by atoms with Gasteiger partial charge in [0.15, 0.2) is 11.6 Å². The number of thiophene rings is 1. The molecule has 6 rings (SSSR count). The number of Topliss-reactive ketones (excluding diaryl/α,β-unsaturated/α-hetero) is 2. The molecule has 2 aromatic heterocycles. The van der Waals surface area contributed by atoms with Crippen LogP contribution in [0, 0.1) is 20.8 Å². The minimum Gasteiger partial charge on any atom is -0.326 e. The summed E-state index contributed by atoms with van der Waals surface area (Å²) in [5.41, 5.74) is 6.99. The summed E-state index contributed by atoms with van der Waals surface area (Å²) in [5, 5.41) is 1.92. The fraction of sp³-hybridized carbons (Fsp3) is 0.138. The maximum atomic E-state index is 13.1. The quantitative estimate of drug-likeness (QED) is 0.213. The zero-order valence-corrected chi connectivity index (χ0v) is 20.2. The number of aromatic nitrogens is 2. The van der Waals surface area contributed by atoms with Gasteiger partial charge in [-0.05, 0) is 66.9 Å². The second-order valence-corrected chi connectivity index (χ2v) is 10.1. The fourth-order valence-electron chi connectivity index (χ4n) is 5.11. The minimum absolute atomic E-state index is 0.206. The van der Waals surface area contributed by atoms with Crippen LogP contribution in [0.2, 0.25) is 0 Å².